The number of halogens is 1. The average molecular weight is 300 g/mol. The van der Waals surface area contributed by atoms with Gasteiger partial charge in [-0.1, -0.05) is 42.5 Å². The van der Waals surface area contributed by atoms with E-state index in [4.69, 9.17) is 16.7 Å². The first kappa shape index (κ1) is 15.1. The Kier molecular flexibility index (Phi) is 4.97. The van der Waals surface area contributed by atoms with Crippen LogP contribution in [0.3, 0.4) is 0 Å². The van der Waals surface area contributed by atoms with Gasteiger partial charge in [0, 0.05) is 0 Å². The maximum Gasteiger partial charge on any atom is 0.321 e. The van der Waals surface area contributed by atoms with Crippen LogP contribution in [0.15, 0.2) is 48.5 Å². The van der Waals surface area contributed by atoms with Gasteiger partial charge in [0.1, 0.15) is 5.38 Å². The number of nitrogens with zero attached hydrogens (tertiary/aromatic N) is 1. The van der Waals surface area contributed by atoms with E-state index in [1.54, 1.807) is 6.07 Å². The van der Waals surface area contributed by atoms with Gasteiger partial charge in [0.25, 0.3) is 0 Å². The van der Waals surface area contributed by atoms with Crippen molar-refractivity contribution in [2.24, 2.45) is 0 Å². The zero-order valence-corrected chi connectivity index (χ0v) is 12.0. The Balaban J connectivity index is 2.22. The second kappa shape index (κ2) is 6.92. The fraction of sp³-hybridized carbons (Fsp3) is 0.176. The number of hydrogen-bond donors (Lipinski definition) is 1. The summed E-state index contributed by atoms with van der Waals surface area (Å²) in [5.41, 5.74) is 3.36. The molecule has 0 spiro atoms. The van der Waals surface area contributed by atoms with Crippen molar-refractivity contribution < 1.29 is 9.90 Å². The van der Waals surface area contributed by atoms with Gasteiger partial charge in [-0.3, -0.25) is 4.79 Å². The minimum Gasteiger partial charge on any atom is -0.480 e. The van der Waals surface area contributed by atoms with Gasteiger partial charge in [0.2, 0.25) is 0 Å². The molecule has 4 heteroatoms. The minimum absolute atomic E-state index is 0.340. The standard InChI is InChI=1S/C17H14ClNO2/c18-16(17(20)21)9-7-12-6-8-15(14(10-12)11-19)13-4-2-1-3-5-13/h1-6,8,10,16H,7,9H2,(H,20,21). The van der Waals surface area contributed by atoms with Crippen molar-refractivity contribution in [2.45, 2.75) is 18.2 Å². The Morgan fingerprint density at radius 3 is 2.57 bits per heavy atom. The third-order valence-corrected chi connectivity index (χ3v) is 3.65. The molecule has 0 bridgehead atoms. The monoisotopic (exact) mass is 299 g/mol. The molecule has 2 rings (SSSR count). The number of alkyl halides is 1. The Labute approximate surface area is 128 Å². The van der Waals surface area contributed by atoms with E-state index in [1.165, 1.54) is 0 Å². The Morgan fingerprint density at radius 2 is 1.95 bits per heavy atom. The normalized spacial score (nSPS) is 11.6. The first-order valence-electron chi connectivity index (χ1n) is 6.57. The van der Waals surface area contributed by atoms with E-state index in [-0.39, 0.29) is 0 Å². The molecule has 21 heavy (non-hydrogen) atoms. The van der Waals surface area contributed by atoms with E-state index in [0.717, 1.165) is 16.7 Å². The van der Waals surface area contributed by atoms with Crippen molar-refractivity contribution in [1.29, 1.82) is 5.26 Å². The zero-order chi connectivity index (χ0) is 15.2. The van der Waals surface area contributed by atoms with Gasteiger partial charge >= 0.3 is 5.97 Å². The maximum atomic E-state index is 10.7. The van der Waals surface area contributed by atoms with Crippen molar-refractivity contribution in [3.8, 4) is 17.2 Å². The number of rotatable bonds is 5. The molecule has 0 radical (unpaired) electrons. The molecule has 0 saturated carbocycles. The second-order valence-corrected chi connectivity index (χ2v) is 5.23. The molecule has 0 aliphatic rings. The number of carboxylic acids is 1. The third kappa shape index (κ3) is 3.84. The summed E-state index contributed by atoms with van der Waals surface area (Å²) in [7, 11) is 0. The molecule has 1 unspecified atom stereocenters. The quantitative estimate of drug-likeness (QED) is 0.853. The largest absolute Gasteiger partial charge is 0.480 e. The first-order valence-corrected chi connectivity index (χ1v) is 7.01. The lowest BCUT2D eigenvalue weighted by Crippen LogP contribution is -2.13. The van der Waals surface area contributed by atoms with Crippen LogP contribution in [0, 0.1) is 11.3 Å². The molecule has 0 heterocycles. The van der Waals surface area contributed by atoms with Crippen molar-refractivity contribution in [2.75, 3.05) is 0 Å². The number of aliphatic carboxylic acids is 1. The molecule has 1 N–H and O–H groups in total. The maximum absolute atomic E-state index is 10.7. The van der Waals surface area contributed by atoms with E-state index in [9.17, 15) is 10.1 Å². The van der Waals surface area contributed by atoms with Gasteiger partial charge in [0.15, 0.2) is 0 Å². The molecular weight excluding hydrogens is 286 g/mol. The van der Waals surface area contributed by atoms with E-state index < -0.39 is 11.3 Å². The molecule has 0 aromatic heterocycles. The van der Waals surface area contributed by atoms with Crippen LogP contribution in [-0.2, 0) is 11.2 Å². The van der Waals surface area contributed by atoms with E-state index >= 15 is 0 Å². The van der Waals surface area contributed by atoms with Crippen molar-refractivity contribution in [3.05, 3.63) is 59.7 Å². The summed E-state index contributed by atoms with van der Waals surface area (Å²) in [6, 6.07) is 17.5. The van der Waals surface area contributed by atoms with Crippen LogP contribution in [0.25, 0.3) is 11.1 Å². The molecular formula is C17H14ClNO2. The van der Waals surface area contributed by atoms with Gasteiger partial charge in [0.05, 0.1) is 11.6 Å². The topological polar surface area (TPSA) is 61.1 Å². The summed E-state index contributed by atoms with van der Waals surface area (Å²) in [5.74, 6) is -1.02. The molecule has 0 fully saturated rings. The molecule has 0 aliphatic heterocycles. The summed E-state index contributed by atoms with van der Waals surface area (Å²) in [6.07, 6.45) is 0.872. The summed E-state index contributed by atoms with van der Waals surface area (Å²) in [5, 5.41) is 17.2. The molecule has 3 nitrogen and oxygen atoms in total. The van der Waals surface area contributed by atoms with Crippen LogP contribution in [-0.4, -0.2) is 16.5 Å². The van der Waals surface area contributed by atoms with Crippen LogP contribution in [0.5, 0.6) is 0 Å². The molecule has 0 aliphatic carbocycles. The lowest BCUT2D eigenvalue weighted by Gasteiger charge is -2.08. The minimum atomic E-state index is -1.02. The summed E-state index contributed by atoms with van der Waals surface area (Å²) in [6.45, 7) is 0. The van der Waals surface area contributed by atoms with Crippen LogP contribution in [0.1, 0.15) is 17.5 Å². The summed E-state index contributed by atoms with van der Waals surface area (Å²) < 4.78 is 0. The Bertz CT molecular complexity index is 677. The lowest BCUT2D eigenvalue weighted by atomic mass is 9.96. The highest BCUT2D eigenvalue weighted by Gasteiger charge is 2.13. The number of nitriles is 1. The lowest BCUT2D eigenvalue weighted by molar-refractivity contribution is -0.136. The summed E-state index contributed by atoms with van der Waals surface area (Å²) in [4.78, 5) is 10.7. The van der Waals surface area contributed by atoms with E-state index in [1.807, 2.05) is 42.5 Å². The van der Waals surface area contributed by atoms with Gasteiger partial charge in [-0.15, -0.1) is 11.6 Å². The fourth-order valence-electron chi connectivity index (χ4n) is 2.13. The smallest absolute Gasteiger partial charge is 0.321 e. The number of aryl methyl sites for hydroxylation is 1. The number of hydrogen-bond acceptors (Lipinski definition) is 2. The molecule has 106 valence electrons. The van der Waals surface area contributed by atoms with Crippen molar-refractivity contribution in [3.63, 3.8) is 0 Å². The van der Waals surface area contributed by atoms with Gasteiger partial charge in [-0.2, -0.15) is 5.26 Å². The van der Waals surface area contributed by atoms with E-state index in [2.05, 4.69) is 6.07 Å². The number of carbonyl (C=O) groups is 1. The highest BCUT2D eigenvalue weighted by Crippen LogP contribution is 2.25. The van der Waals surface area contributed by atoms with E-state index in [0.29, 0.717) is 18.4 Å². The molecule has 2 aromatic rings. The molecule has 0 amide bonds. The Hall–Kier alpha value is -2.31. The van der Waals surface area contributed by atoms with Crippen molar-refractivity contribution >= 4 is 17.6 Å². The fourth-order valence-corrected chi connectivity index (χ4v) is 2.23. The molecule has 2 aromatic carbocycles. The predicted octanol–water partition coefficient (Wildman–Crippen LogP) is 3.85. The number of benzene rings is 2. The van der Waals surface area contributed by atoms with Gasteiger partial charge in [-0.05, 0) is 35.6 Å². The predicted molar refractivity (Wildman–Crippen MR) is 82.2 cm³/mol. The third-order valence-electron chi connectivity index (χ3n) is 3.24. The molecule has 1 atom stereocenters. The number of carboxylic acid groups (broad SMARTS) is 1. The van der Waals surface area contributed by atoms with Gasteiger partial charge < -0.3 is 5.11 Å². The van der Waals surface area contributed by atoms with Crippen molar-refractivity contribution in [1.82, 2.24) is 0 Å². The Morgan fingerprint density at radius 1 is 1.24 bits per heavy atom. The van der Waals surface area contributed by atoms with Crippen LogP contribution in [0.2, 0.25) is 0 Å². The SMILES string of the molecule is N#Cc1cc(CCC(Cl)C(=O)O)ccc1-c1ccccc1. The van der Waals surface area contributed by atoms with Crippen LogP contribution < -0.4 is 0 Å². The average Bonchev–Trinajstić information content (AvgIpc) is 2.53. The first-order chi connectivity index (χ1) is 10.1. The van der Waals surface area contributed by atoms with Gasteiger partial charge in [-0.25, -0.2) is 0 Å². The highest BCUT2D eigenvalue weighted by molar-refractivity contribution is 6.29. The zero-order valence-electron chi connectivity index (χ0n) is 11.3. The molecule has 0 saturated heterocycles. The second-order valence-electron chi connectivity index (χ2n) is 4.70. The van der Waals surface area contributed by atoms with Crippen LogP contribution >= 0.6 is 11.6 Å². The highest BCUT2D eigenvalue weighted by atomic mass is 35.5. The van der Waals surface area contributed by atoms with Crippen LogP contribution in [0.4, 0.5) is 0 Å². The summed E-state index contributed by atoms with van der Waals surface area (Å²) >= 11 is 5.70.